The minimum atomic E-state index is 0.691. The van der Waals surface area contributed by atoms with Crippen LogP contribution in [0.3, 0.4) is 0 Å². The lowest BCUT2D eigenvalue weighted by Gasteiger charge is -2.09. The van der Waals surface area contributed by atoms with E-state index in [0.717, 1.165) is 28.6 Å². The van der Waals surface area contributed by atoms with Crippen molar-refractivity contribution in [2.45, 2.75) is 33.9 Å². The van der Waals surface area contributed by atoms with Crippen LogP contribution in [0.1, 0.15) is 23.9 Å². The van der Waals surface area contributed by atoms with Gasteiger partial charge in [-0.2, -0.15) is 5.10 Å². The van der Waals surface area contributed by atoms with Gasteiger partial charge in [0.25, 0.3) is 0 Å². The number of anilines is 1. The van der Waals surface area contributed by atoms with Gasteiger partial charge < -0.3 is 5.32 Å². The molecule has 0 radical (unpaired) electrons. The lowest BCUT2D eigenvalue weighted by molar-refractivity contribution is 0.623. The molecule has 18 heavy (non-hydrogen) atoms. The molecule has 1 aromatic heterocycles. The summed E-state index contributed by atoms with van der Waals surface area (Å²) >= 11 is 6.27. The maximum atomic E-state index is 6.27. The molecule has 1 aromatic carbocycles. The Bertz CT molecular complexity index is 546. The first-order valence-electron chi connectivity index (χ1n) is 6.14. The van der Waals surface area contributed by atoms with E-state index in [0.29, 0.717) is 6.54 Å². The number of aryl methyl sites for hydroxylation is 3. The number of hydrogen-bond donors (Lipinski definition) is 1. The summed E-state index contributed by atoms with van der Waals surface area (Å²) in [7, 11) is 0. The van der Waals surface area contributed by atoms with Gasteiger partial charge in [0.15, 0.2) is 0 Å². The lowest BCUT2D eigenvalue weighted by Crippen LogP contribution is -2.08. The smallest absolute Gasteiger partial charge is 0.0865 e. The molecule has 0 unspecified atom stereocenters. The van der Waals surface area contributed by atoms with Crippen LogP contribution >= 0.6 is 11.6 Å². The van der Waals surface area contributed by atoms with Gasteiger partial charge in [-0.15, -0.1) is 0 Å². The normalized spacial score (nSPS) is 10.7. The van der Waals surface area contributed by atoms with Gasteiger partial charge in [0.05, 0.1) is 23.0 Å². The van der Waals surface area contributed by atoms with Crippen molar-refractivity contribution < 1.29 is 0 Å². The maximum Gasteiger partial charge on any atom is 0.0865 e. The second-order valence-corrected chi connectivity index (χ2v) is 4.76. The Morgan fingerprint density at radius 3 is 2.78 bits per heavy atom. The van der Waals surface area contributed by atoms with E-state index in [-0.39, 0.29) is 0 Å². The minimum absolute atomic E-state index is 0.691. The fraction of sp³-hybridized carbons (Fsp3) is 0.357. The van der Waals surface area contributed by atoms with Crippen LogP contribution in [0.4, 0.5) is 5.69 Å². The summed E-state index contributed by atoms with van der Waals surface area (Å²) in [5.74, 6) is 0. The van der Waals surface area contributed by atoms with E-state index >= 15 is 0 Å². The van der Waals surface area contributed by atoms with Crippen LogP contribution in [0.5, 0.6) is 0 Å². The molecule has 0 aliphatic rings. The Balaban J connectivity index is 2.15. The van der Waals surface area contributed by atoms with E-state index in [2.05, 4.69) is 42.5 Å². The van der Waals surface area contributed by atoms with Crippen LogP contribution in [0.15, 0.2) is 24.3 Å². The zero-order valence-electron chi connectivity index (χ0n) is 11.0. The van der Waals surface area contributed by atoms with Crippen LogP contribution in [-0.4, -0.2) is 9.78 Å². The maximum absolute atomic E-state index is 6.27. The first-order valence-corrected chi connectivity index (χ1v) is 6.52. The van der Waals surface area contributed by atoms with Gasteiger partial charge >= 0.3 is 0 Å². The number of hydrogen-bond acceptors (Lipinski definition) is 2. The third kappa shape index (κ3) is 2.67. The number of aromatic nitrogens is 2. The molecule has 3 nitrogen and oxygen atoms in total. The lowest BCUT2D eigenvalue weighted by atomic mass is 10.2. The average Bonchev–Trinajstić information content (AvgIpc) is 2.63. The van der Waals surface area contributed by atoms with Crippen LogP contribution < -0.4 is 5.32 Å². The zero-order chi connectivity index (χ0) is 13.1. The predicted octanol–water partition coefficient (Wildman–Crippen LogP) is 3.79. The molecule has 0 saturated carbocycles. The van der Waals surface area contributed by atoms with Crippen LogP contribution in [0.25, 0.3) is 0 Å². The van der Waals surface area contributed by atoms with Crippen molar-refractivity contribution in [2.24, 2.45) is 0 Å². The highest BCUT2D eigenvalue weighted by Crippen LogP contribution is 2.21. The van der Waals surface area contributed by atoms with Gasteiger partial charge in [-0.3, -0.25) is 4.68 Å². The molecule has 0 fully saturated rings. The molecule has 0 bridgehead atoms. The second kappa shape index (κ2) is 5.44. The Kier molecular flexibility index (Phi) is 3.92. The minimum Gasteiger partial charge on any atom is -0.379 e. The highest BCUT2D eigenvalue weighted by Gasteiger charge is 2.11. The van der Waals surface area contributed by atoms with Gasteiger partial charge in [-0.25, -0.2) is 0 Å². The van der Waals surface area contributed by atoms with Crippen molar-refractivity contribution in [2.75, 3.05) is 5.32 Å². The van der Waals surface area contributed by atoms with Crippen molar-refractivity contribution in [1.29, 1.82) is 0 Å². The summed E-state index contributed by atoms with van der Waals surface area (Å²) in [5, 5.41) is 8.55. The fourth-order valence-electron chi connectivity index (χ4n) is 1.98. The topological polar surface area (TPSA) is 29.9 Å². The number of rotatable bonds is 4. The van der Waals surface area contributed by atoms with Crippen LogP contribution in [0, 0.1) is 13.8 Å². The number of halogens is 1. The SMILES string of the molecule is CCn1nc(C)c(Cl)c1CNc1cccc(C)c1. The van der Waals surface area contributed by atoms with Crippen LogP contribution in [0.2, 0.25) is 5.02 Å². The number of nitrogens with one attached hydrogen (secondary N) is 1. The van der Waals surface area contributed by atoms with Gasteiger partial charge in [0.1, 0.15) is 0 Å². The highest BCUT2D eigenvalue weighted by atomic mass is 35.5. The summed E-state index contributed by atoms with van der Waals surface area (Å²) in [6.45, 7) is 7.61. The zero-order valence-corrected chi connectivity index (χ0v) is 11.8. The molecule has 1 heterocycles. The van der Waals surface area contributed by atoms with E-state index in [1.807, 2.05) is 17.7 Å². The third-order valence-electron chi connectivity index (χ3n) is 2.93. The number of nitrogens with zero attached hydrogens (tertiary/aromatic N) is 2. The second-order valence-electron chi connectivity index (χ2n) is 4.38. The summed E-state index contributed by atoms with van der Waals surface area (Å²) in [6.07, 6.45) is 0. The predicted molar refractivity (Wildman–Crippen MR) is 76.2 cm³/mol. The first-order chi connectivity index (χ1) is 8.61. The molecule has 2 aromatic rings. The molecule has 4 heteroatoms. The Labute approximate surface area is 113 Å². The van der Waals surface area contributed by atoms with E-state index in [1.165, 1.54) is 5.56 Å². The monoisotopic (exact) mass is 263 g/mol. The highest BCUT2D eigenvalue weighted by molar-refractivity contribution is 6.31. The van der Waals surface area contributed by atoms with Crippen molar-refractivity contribution in [3.05, 3.63) is 46.2 Å². The Hall–Kier alpha value is -1.48. The molecular weight excluding hydrogens is 246 g/mol. The van der Waals surface area contributed by atoms with Gasteiger partial charge in [0, 0.05) is 12.2 Å². The average molecular weight is 264 g/mol. The van der Waals surface area contributed by atoms with E-state index in [1.54, 1.807) is 0 Å². The van der Waals surface area contributed by atoms with E-state index in [9.17, 15) is 0 Å². The standard InChI is InChI=1S/C14H18ClN3/c1-4-18-13(14(15)11(3)17-18)9-16-12-7-5-6-10(2)8-12/h5-8,16H,4,9H2,1-3H3. The molecule has 0 aliphatic heterocycles. The summed E-state index contributed by atoms with van der Waals surface area (Å²) < 4.78 is 1.94. The van der Waals surface area contributed by atoms with Crippen molar-refractivity contribution in [3.8, 4) is 0 Å². The van der Waals surface area contributed by atoms with Crippen molar-refractivity contribution >= 4 is 17.3 Å². The van der Waals surface area contributed by atoms with Crippen LogP contribution in [-0.2, 0) is 13.1 Å². The largest absolute Gasteiger partial charge is 0.379 e. The molecule has 1 N–H and O–H groups in total. The van der Waals surface area contributed by atoms with E-state index in [4.69, 9.17) is 11.6 Å². The molecule has 0 amide bonds. The first kappa shape index (κ1) is 13.0. The molecule has 0 spiro atoms. The third-order valence-corrected chi connectivity index (χ3v) is 3.42. The van der Waals surface area contributed by atoms with Gasteiger partial charge in [-0.05, 0) is 38.5 Å². The molecule has 2 rings (SSSR count). The summed E-state index contributed by atoms with van der Waals surface area (Å²) in [6, 6.07) is 8.30. The summed E-state index contributed by atoms with van der Waals surface area (Å²) in [5.41, 5.74) is 4.27. The Morgan fingerprint density at radius 1 is 1.33 bits per heavy atom. The molecule has 0 aliphatic carbocycles. The molecular formula is C14H18ClN3. The Morgan fingerprint density at radius 2 is 2.11 bits per heavy atom. The quantitative estimate of drug-likeness (QED) is 0.910. The molecule has 0 saturated heterocycles. The van der Waals surface area contributed by atoms with Crippen molar-refractivity contribution in [3.63, 3.8) is 0 Å². The van der Waals surface area contributed by atoms with Gasteiger partial charge in [-0.1, -0.05) is 23.7 Å². The number of benzene rings is 1. The summed E-state index contributed by atoms with van der Waals surface area (Å²) in [4.78, 5) is 0. The van der Waals surface area contributed by atoms with Crippen molar-refractivity contribution in [1.82, 2.24) is 9.78 Å². The molecule has 0 atom stereocenters. The van der Waals surface area contributed by atoms with E-state index < -0.39 is 0 Å². The fourth-order valence-corrected chi connectivity index (χ4v) is 2.18. The van der Waals surface area contributed by atoms with Gasteiger partial charge in [0.2, 0.25) is 0 Å². The molecule has 96 valence electrons.